The Bertz CT molecular complexity index is 1540. The Morgan fingerprint density at radius 3 is 2.74 bits per heavy atom. The first kappa shape index (κ1) is 27.0. The number of likely N-dealkylation sites (tertiary alicyclic amines) is 1. The van der Waals surface area contributed by atoms with E-state index >= 15 is 4.39 Å². The summed E-state index contributed by atoms with van der Waals surface area (Å²) in [5, 5.41) is 11.5. The Balaban J connectivity index is 1.62. The molecule has 4 aromatic rings. The molecule has 0 spiro atoms. The average molecular weight is 551 g/mol. The number of nitrogens with zero attached hydrogens (tertiary/aromatic N) is 6. The Labute approximate surface area is 231 Å². The Morgan fingerprint density at radius 1 is 1.23 bits per heavy atom. The molecule has 2 aromatic carbocycles. The summed E-state index contributed by atoms with van der Waals surface area (Å²) in [6, 6.07) is 13.1. The van der Waals surface area contributed by atoms with Crippen molar-refractivity contribution in [2.75, 3.05) is 38.2 Å². The second-order valence-electron chi connectivity index (χ2n) is 9.74. The minimum absolute atomic E-state index is 0.0129. The molecule has 0 amide bonds. The maximum atomic E-state index is 16.3. The highest BCUT2D eigenvalue weighted by Gasteiger charge is 2.30. The number of hydrogen-bond donors (Lipinski definition) is 0. The van der Waals surface area contributed by atoms with Gasteiger partial charge >= 0.3 is 6.01 Å². The second kappa shape index (κ2) is 11.6. The molecule has 1 aliphatic rings. The molecule has 1 saturated heterocycles. The van der Waals surface area contributed by atoms with Crippen LogP contribution in [-0.4, -0.2) is 65.4 Å². The number of pyridine rings is 1. The molecule has 1 fully saturated rings. The lowest BCUT2D eigenvalue weighted by atomic mass is 10.0. The van der Waals surface area contributed by atoms with Gasteiger partial charge in [-0.1, -0.05) is 41.9 Å². The molecule has 1 aliphatic heterocycles. The number of benzene rings is 2. The first-order valence-corrected chi connectivity index (χ1v) is 13.4. The molecular formula is C29H29ClF2N6O. The van der Waals surface area contributed by atoms with E-state index in [1.54, 1.807) is 18.3 Å². The van der Waals surface area contributed by atoms with E-state index in [4.69, 9.17) is 21.6 Å². The zero-order valence-corrected chi connectivity index (χ0v) is 22.6. The van der Waals surface area contributed by atoms with Crippen molar-refractivity contribution in [3.8, 4) is 23.3 Å². The molecule has 0 aliphatic carbocycles. The molecule has 0 unspecified atom stereocenters. The van der Waals surface area contributed by atoms with Crippen LogP contribution in [0.15, 0.2) is 42.6 Å². The Morgan fingerprint density at radius 2 is 2.03 bits per heavy atom. The number of likely N-dealkylation sites (N-methyl/N-ethyl adjacent to an activating group) is 1. The number of nitriles is 1. The molecule has 202 valence electrons. The Kier molecular flexibility index (Phi) is 8.05. The van der Waals surface area contributed by atoms with Gasteiger partial charge < -0.3 is 9.64 Å². The van der Waals surface area contributed by atoms with Gasteiger partial charge in [0.05, 0.1) is 11.5 Å². The van der Waals surface area contributed by atoms with E-state index in [1.807, 2.05) is 48.0 Å². The van der Waals surface area contributed by atoms with Gasteiger partial charge in [0.15, 0.2) is 5.82 Å². The molecular weight excluding hydrogens is 522 g/mol. The lowest BCUT2D eigenvalue weighted by Gasteiger charge is -2.24. The molecule has 3 heterocycles. The third-order valence-electron chi connectivity index (χ3n) is 7.19. The number of fused-ring (bicyclic) bond motifs is 2. The van der Waals surface area contributed by atoms with E-state index in [0.29, 0.717) is 66.1 Å². The molecule has 5 rings (SSSR count). The number of halogens is 3. The van der Waals surface area contributed by atoms with Crippen LogP contribution < -0.4 is 9.64 Å². The summed E-state index contributed by atoms with van der Waals surface area (Å²) in [5.41, 5.74) is 0.758. The first-order valence-electron chi connectivity index (χ1n) is 13.0. The van der Waals surface area contributed by atoms with Crippen LogP contribution in [0.25, 0.3) is 32.9 Å². The Hall–Kier alpha value is -3.61. The second-order valence-corrected chi connectivity index (χ2v) is 10.1. The van der Waals surface area contributed by atoms with Crippen molar-refractivity contribution in [3.63, 3.8) is 0 Å². The van der Waals surface area contributed by atoms with E-state index in [2.05, 4.69) is 21.0 Å². The number of rotatable bonds is 9. The highest BCUT2D eigenvalue weighted by atomic mass is 35.5. The molecule has 7 nitrogen and oxygen atoms in total. The molecule has 2 aromatic heterocycles. The molecule has 0 radical (unpaired) electrons. The predicted octanol–water partition coefficient (Wildman–Crippen LogP) is 6.19. The van der Waals surface area contributed by atoms with Gasteiger partial charge in [-0.3, -0.25) is 9.88 Å². The number of hydrogen-bond acceptors (Lipinski definition) is 7. The molecule has 39 heavy (non-hydrogen) atoms. The highest BCUT2D eigenvalue weighted by Crippen LogP contribution is 2.37. The van der Waals surface area contributed by atoms with Crippen molar-refractivity contribution >= 4 is 39.1 Å². The van der Waals surface area contributed by atoms with E-state index in [9.17, 15) is 4.39 Å². The standard InChI is InChI=1S/C29H29ClF2N6O/c1-3-38(13-5-4-12-33)28-22-15-34-26(21-10-6-8-18-9-7-11-23(30)24(18)21)25(32)27(22)35-29(36-28)39-17-20-14-19(31)16-37(20)2/h6-11,15,19-20H,3-5,13-14,16-17H2,1-2H3/t19-,20+/m1/s1. The minimum atomic E-state index is -0.911. The number of anilines is 1. The maximum Gasteiger partial charge on any atom is 0.319 e. The van der Waals surface area contributed by atoms with Gasteiger partial charge in [0.1, 0.15) is 29.8 Å². The summed E-state index contributed by atoms with van der Waals surface area (Å²) in [5.74, 6) is -0.129. The van der Waals surface area contributed by atoms with E-state index in [1.165, 1.54) is 0 Å². The van der Waals surface area contributed by atoms with Crippen molar-refractivity contribution in [1.29, 1.82) is 5.26 Å². The average Bonchev–Trinajstić information content (AvgIpc) is 3.26. The van der Waals surface area contributed by atoms with Crippen LogP contribution in [0.4, 0.5) is 14.6 Å². The molecule has 0 N–H and O–H groups in total. The fourth-order valence-electron chi connectivity index (χ4n) is 5.15. The smallest absolute Gasteiger partial charge is 0.319 e. The molecule has 0 saturated carbocycles. The number of alkyl halides is 1. The van der Waals surface area contributed by atoms with Gasteiger partial charge in [0, 0.05) is 54.3 Å². The number of ether oxygens (including phenoxy) is 1. The van der Waals surface area contributed by atoms with Crippen LogP contribution >= 0.6 is 11.6 Å². The normalized spacial score (nSPS) is 17.5. The van der Waals surface area contributed by atoms with Crippen LogP contribution in [0.1, 0.15) is 26.2 Å². The summed E-state index contributed by atoms with van der Waals surface area (Å²) >= 11 is 6.52. The predicted molar refractivity (Wildman–Crippen MR) is 149 cm³/mol. The largest absolute Gasteiger partial charge is 0.462 e. The lowest BCUT2D eigenvalue weighted by molar-refractivity contribution is 0.188. The molecule has 10 heteroatoms. The summed E-state index contributed by atoms with van der Waals surface area (Å²) < 4.78 is 36.2. The van der Waals surface area contributed by atoms with E-state index < -0.39 is 12.0 Å². The SMILES string of the molecule is CCN(CCCC#N)c1nc(OC[C@@H]2C[C@@H](F)CN2C)nc2c(F)c(-c3cccc4cccc(Cl)c34)ncc12. The fraction of sp³-hybridized carbons (Fsp3) is 0.379. The van der Waals surface area contributed by atoms with Gasteiger partial charge in [-0.2, -0.15) is 15.2 Å². The van der Waals surface area contributed by atoms with Crippen LogP contribution in [0.5, 0.6) is 6.01 Å². The van der Waals surface area contributed by atoms with Gasteiger partial charge in [0.2, 0.25) is 0 Å². The zero-order chi connectivity index (χ0) is 27.5. The highest BCUT2D eigenvalue weighted by molar-refractivity contribution is 6.36. The monoisotopic (exact) mass is 550 g/mol. The van der Waals surface area contributed by atoms with Gasteiger partial charge in [-0.25, -0.2) is 8.78 Å². The first-order chi connectivity index (χ1) is 18.9. The van der Waals surface area contributed by atoms with Crippen molar-refractivity contribution in [3.05, 3.63) is 53.4 Å². The quantitative estimate of drug-likeness (QED) is 0.230. The van der Waals surface area contributed by atoms with Crippen molar-refractivity contribution in [1.82, 2.24) is 19.9 Å². The van der Waals surface area contributed by atoms with Crippen molar-refractivity contribution < 1.29 is 13.5 Å². The summed E-state index contributed by atoms with van der Waals surface area (Å²) in [7, 11) is 1.85. The van der Waals surface area contributed by atoms with E-state index in [0.717, 1.165) is 5.39 Å². The summed E-state index contributed by atoms with van der Waals surface area (Å²) in [6.45, 7) is 3.62. The van der Waals surface area contributed by atoms with E-state index in [-0.39, 0.29) is 29.9 Å². The van der Waals surface area contributed by atoms with Crippen LogP contribution in [0.2, 0.25) is 5.02 Å². The molecule has 0 bridgehead atoms. The topological polar surface area (TPSA) is 78.2 Å². The third-order valence-corrected chi connectivity index (χ3v) is 7.51. The van der Waals surface area contributed by atoms with Crippen molar-refractivity contribution in [2.45, 2.75) is 38.4 Å². The van der Waals surface area contributed by atoms with Crippen molar-refractivity contribution in [2.24, 2.45) is 0 Å². The maximum absolute atomic E-state index is 16.3. The van der Waals surface area contributed by atoms with Crippen LogP contribution in [0, 0.1) is 17.1 Å². The summed E-state index contributed by atoms with van der Waals surface area (Å²) in [6.07, 6.45) is 2.04. The van der Waals surface area contributed by atoms with Gasteiger partial charge in [-0.15, -0.1) is 0 Å². The summed E-state index contributed by atoms with van der Waals surface area (Å²) in [4.78, 5) is 17.5. The lowest BCUT2D eigenvalue weighted by Crippen LogP contribution is -2.31. The van der Waals surface area contributed by atoms with Crippen LogP contribution in [0.3, 0.4) is 0 Å². The third kappa shape index (κ3) is 5.45. The number of unbranched alkanes of at least 4 members (excludes halogenated alkanes) is 1. The number of aromatic nitrogens is 3. The minimum Gasteiger partial charge on any atom is -0.462 e. The molecule has 2 atom stereocenters. The zero-order valence-electron chi connectivity index (χ0n) is 21.9. The van der Waals surface area contributed by atoms with Crippen LogP contribution in [-0.2, 0) is 0 Å². The fourth-order valence-corrected chi connectivity index (χ4v) is 5.43. The van der Waals surface area contributed by atoms with Gasteiger partial charge in [-0.05, 0) is 38.3 Å². The van der Waals surface area contributed by atoms with Gasteiger partial charge in [0.25, 0.3) is 0 Å².